The van der Waals surface area contributed by atoms with Crippen LogP contribution in [0, 0.1) is 41.5 Å². The molecule has 4 aromatic rings. The molecule has 0 saturated heterocycles. The molecule has 36 heavy (non-hydrogen) atoms. The van der Waals surface area contributed by atoms with Crippen LogP contribution in [0.15, 0.2) is 60.7 Å². The van der Waals surface area contributed by atoms with Gasteiger partial charge in [-0.15, -0.1) is 0 Å². The Morgan fingerprint density at radius 2 is 0.750 bits per heavy atom. The summed E-state index contributed by atoms with van der Waals surface area (Å²) in [6.45, 7) is 17.1. The molecule has 0 amide bonds. The van der Waals surface area contributed by atoms with E-state index in [0.717, 1.165) is 33.9 Å². The molecule has 2 heterocycles. The predicted molar refractivity (Wildman–Crippen MR) is 156 cm³/mol. The monoisotopic (exact) mass is 472 g/mol. The number of hydrogen-bond donors (Lipinski definition) is 0. The first kappa shape index (κ1) is 25.3. The van der Waals surface area contributed by atoms with E-state index in [-0.39, 0.29) is 0 Å². The minimum Gasteiger partial charge on any atom is -0.246 e. The minimum atomic E-state index is 0.884. The van der Waals surface area contributed by atoms with Gasteiger partial charge in [-0.2, -0.15) is 0 Å². The van der Waals surface area contributed by atoms with Gasteiger partial charge in [0.05, 0.1) is 22.8 Å². The largest absolute Gasteiger partial charge is 0.246 e. The van der Waals surface area contributed by atoms with Crippen LogP contribution in [0.4, 0.5) is 0 Å². The van der Waals surface area contributed by atoms with Crippen LogP contribution in [0.3, 0.4) is 0 Å². The second-order valence-corrected chi connectivity index (χ2v) is 9.89. The second-order valence-electron chi connectivity index (χ2n) is 9.89. The van der Waals surface area contributed by atoms with Crippen LogP contribution in [-0.4, -0.2) is 9.97 Å². The highest BCUT2D eigenvalue weighted by Gasteiger charge is 2.15. The molecule has 0 aliphatic rings. The predicted octanol–water partition coefficient (Wildman–Crippen LogP) is 9.39. The third-order valence-electron chi connectivity index (χ3n) is 6.54. The Hall–Kier alpha value is -3.78. The van der Waals surface area contributed by atoms with E-state index in [9.17, 15) is 0 Å². The molecule has 2 nitrogen and oxygen atoms in total. The number of allylic oxidation sites excluding steroid dienone is 2. The molecular formula is C34H36N2. The van der Waals surface area contributed by atoms with Crippen LogP contribution >= 0.6 is 0 Å². The highest BCUT2D eigenvalue weighted by Crippen LogP contribution is 2.33. The van der Waals surface area contributed by atoms with Gasteiger partial charge in [-0.05, 0) is 113 Å². The van der Waals surface area contributed by atoms with Crippen LogP contribution in [0.25, 0.3) is 46.1 Å². The molecule has 0 aliphatic heterocycles. The molecule has 0 saturated carbocycles. The SMILES string of the molecule is C/C=C/c1cc(-c2cc(/C=C/C)cc(-c3c(C)cc(C)cc3C)n2)nc(-c2c(C)cc(C)cc2C)c1. The zero-order chi connectivity index (χ0) is 26.0. The van der Waals surface area contributed by atoms with Crippen LogP contribution in [0.1, 0.15) is 58.4 Å². The maximum absolute atomic E-state index is 5.18. The maximum atomic E-state index is 5.18. The molecule has 0 aliphatic carbocycles. The van der Waals surface area contributed by atoms with E-state index in [1.54, 1.807) is 0 Å². The highest BCUT2D eigenvalue weighted by molar-refractivity contribution is 5.77. The summed E-state index contributed by atoms with van der Waals surface area (Å²) in [5.41, 5.74) is 15.9. The Kier molecular flexibility index (Phi) is 7.35. The summed E-state index contributed by atoms with van der Waals surface area (Å²) in [6, 6.07) is 17.6. The lowest BCUT2D eigenvalue weighted by atomic mass is 9.95. The van der Waals surface area contributed by atoms with E-state index >= 15 is 0 Å². The van der Waals surface area contributed by atoms with Crippen molar-refractivity contribution in [1.82, 2.24) is 9.97 Å². The smallest absolute Gasteiger partial charge is 0.0900 e. The molecule has 182 valence electrons. The standard InChI is InChI=1S/C34H36N2/c1-9-11-27-17-29(35-31(19-27)33-23(5)13-21(3)14-24(33)6)30-18-28(12-10-2)20-32(36-30)34-25(7)15-22(4)16-26(34)8/h9-20H,1-8H3/b11-9+,12-10+. The summed E-state index contributed by atoms with van der Waals surface area (Å²) in [5.74, 6) is 0. The number of hydrogen-bond acceptors (Lipinski definition) is 2. The summed E-state index contributed by atoms with van der Waals surface area (Å²) in [6.07, 6.45) is 8.43. The molecule has 0 atom stereocenters. The third kappa shape index (κ3) is 5.23. The molecule has 0 bridgehead atoms. The van der Waals surface area contributed by atoms with Crippen molar-refractivity contribution in [2.75, 3.05) is 0 Å². The van der Waals surface area contributed by atoms with E-state index in [0.29, 0.717) is 0 Å². The summed E-state index contributed by atoms with van der Waals surface area (Å²) in [5, 5.41) is 0. The van der Waals surface area contributed by atoms with Crippen LogP contribution < -0.4 is 0 Å². The number of aromatic nitrogens is 2. The molecule has 0 unspecified atom stereocenters. The Morgan fingerprint density at radius 3 is 1.06 bits per heavy atom. The van der Waals surface area contributed by atoms with Crippen molar-refractivity contribution < 1.29 is 0 Å². The molecule has 0 radical (unpaired) electrons. The topological polar surface area (TPSA) is 25.8 Å². The van der Waals surface area contributed by atoms with Gasteiger partial charge >= 0.3 is 0 Å². The first-order chi connectivity index (χ1) is 17.2. The average molecular weight is 473 g/mol. The van der Waals surface area contributed by atoms with Gasteiger partial charge in [0.25, 0.3) is 0 Å². The summed E-state index contributed by atoms with van der Waals surface area (Å²) < 4.78 is 0. The lowest BCUT2D eigenvalue weighted by Gasteiger charge is -2.15. The van der Waals surface area contributed by atoms with Crippen molar-refractivity contribution in [3.63, 3.8) is 0 Å². The lowest BCUT2D eigenvalue weighted by Crippen LogP contribution is -1.99. The zero-order valence-electron chi connectivity index (χ0n) is 22.8. The summed E-state index contributed by atoms with van der Waals surface area (Å²) >= 11 is 0. The first-order valence-electron chi connectivity index (χ1n) is 12.7. The van der Waals surface area contributed by atoms with Crippen molar-refractivity contribution >= 4 is 12.2 Å². The number of benzene rings is 2. The third-order valence-corrected chi connectivity index (χ3v) is 6.54. The Balaban J connectivity index is 1.99. The van der Waals surface area contributed by atoms with Gasteiger partial charge in [0.15, 0.2) is 0 Å². The van der Waals surface area contributed by atoms with Crippen molar-refractivity contribution in [2.24, 2.45) is 0 Å². The fraction of sp³-hybridized carbons (Fsp3) is 0.235. The van der Waals surface area contributed by atoms with Gasteiger partial charge in [-0.1, -0.05) is 59.7 Å². The number of aryl methyl sites for hydroxylation is 6. The van der Waals surface area contributed by atoms with Gasteiger partial charge in [-0.25, -0.2) is 9.97 Å². The second kappa shape index (κ2) is 10.5. The van der Waals surface area contributed by atoms with Gasteiger partial charge in [0, 0.05) is 11.1 Å². The van der Waals surface area contributed by atoms with Gasteiger partial charge in [0.1, 0.15) is 0 Å². The van der Waals surface area contributed by atoms with E-state index < -0.39 is 0 Å². The first-order valence-corrected chi connectivity index (χ1v) is 12.7. The Morgan fingerprint density at radius 1 is 0.444 bits per heavy atom. The van der Waals surface area contributed by atoms with E-state index in [1.165, 1.54) is 44.5 Å². The van der Waals surface area contributed by atoms with Crippen molar-refractivity contribution in [3.05, 3.63) is 105 Å². The van der Waals surface area contributed by atoms with Crippen molar-refractivity contribution in [3.8, 4) is 33.9 Å². The number of nitrogens with zero attached hydrogens (tertiary/aromatic N) is 2. The number of rotatable bonds is 5. The zero-order valence-corrected chi connectivity index (χ0v) is 22.8. The van der Waals surface area contributed by atoms with Gasteiger partial charge < -0.3 is 0 Å². The normalized spacial score (nSPS) is 11.7. The Labute approximate surface area is 216 Å². The average Bonchev–Trinajstić information content (AvgIpc) is 2.78. The molecule has 2 aromatic heterocycles. The molecule has 0 N–H and O–H groups in total. The van der Waals surface area contributed by atoms with Crippen LogP contribution in [0.5, 0.6) is 0 Å². The van der Waals surface area contributed by atoms with Crippen LogP contribution in [-0.2, 0) is 0 Å². The Bertz CT molecular complexity index is 1340. The minimum absolute atomic E-state index is 0.884. The molecule has 4 rings (SSSR count). The van der Waals surface area contributed by atoms with Crippen molar-refractivity contribution in [1.29, 1.82) is 0 Å². The van der Waals surface area contributed by atoms with E-state index in [1.807, 2.05) is 13.8 Å². The summed E-state index contributed by atoms with van der Waals surface area (Å²) in [7, 11) is 0. The van der Waals surface area contributed by atoms with Gasteiger partial charge in [0.2, 0.25) is 0 Å². The van der Waals surface area contributed by atoms with E-state index in [2.05, 4.69) is 114 Å². The number of pyridine rings is 2. The van der Waals surface area contributed by atoms with Crippen LogP contribution in [0.2, 0.25) is 0 Å². The maximum Gasteiger partial charge on any atom is 0.0900 e. The quantitative estimate of drug-likeness (QED) is 0.289. The molecule has 0 fully saturated rings. The lowest BCUT2D eigenvalue weighted by molar-refractivity contribution is 1.21. The summed E-state index contributed by atoms with van der Waals surface area (Å²) in [4.78, 5) is 10.4. The fourth-order valence-corrected chi connectivity index (χ4v) is 5.37. The van der Waals surface area contributed by atoms with Gasteiger partial charge in [-0.3, -0.25) is 0 Å². The van der Waals surface area contributed by atoms with E-state index in [4.69, 9.17) is 9.97 Å². The highest BCUT2D eigenvalue weighted by atomic mass is 14.8. The van der Waals surface area contributed by atoms with Crippen molar-refractivity contribution in [2.45, 2.75) is 55.4 Å². The molecule has 2 aromatic carbocycles. The molecule has 2 heteroatoms. The fourth-order valence-electron chi connectivity index (χ4n) is 5.37. The molecule has 0 spiro atoms. The molecular weight excluding hydrogens is 436 g/mol.